The van der Waals surface area contributed by atoms with E-state index in [0.29, 0.717) is 5.70 Å². The van der Waals surface area contributed by atoms with Crippen LogP contribution in [0, 0.1) is 0 Å². The van der Waals surface area contributed by atoms with Crippen LogP contribution in [0.15, 0.2) is 53.5 Å². The quantitative estimate of drug-likeness (QED) is 0.473. The van der Waals surface area contributed by atoms with E-state index < -0.39 is 0 Å². The van der Waals surface area contributed by atoms with Crippen molar-refractivity contribution in [2.24, 2.45) is 0 Å². The molecular weight excluding hydrogens is 190 g/mol. The maximum absolute atomic E-state index is 11.4. The van der Waals surface area contributed by atoms with Crippen LogP contribution in [0.4, 0.5) is 0 Å². The second-order valence-electron chi connectivity index (χ2n) is 3.26. The molecule has 0 spiro atoms. The molecule has 0 radical (unpaired) electrons. The fourth-order valence-electron chi connectivity index (χ4n) is 1.38. The third kappa shape index (κ3) is 1.73. The van der Waals surface area contributed by atoms with Crippen LogP contribution in [0.3, 0.4) is 0 Å². The number of allylic oxidation sites excluding steroid dienone is 4. The molecule has 0 aromatic heterocycles. The van der Waals surface area contributed by atoms with Gasteiger partial charge in [0.1, 0.15) is 0 Å². The summed E-state index contributed by atoms with van der Waals surface area (Å²) in [4.78, 5) is 23.9. The van der Waals surface area contributed by atoms with E-state index in [0.717, 1.165) is 10.5 Å². The normalized spacial score (nSPS) is 19.4. The molecule has 0 fully saturated rings. The van der Waals surface area contributed by atoms with Crippen molar-refractivity contribution in [2.75, 3.05) is 0 Å². The molecule has 0 saturated carbocycles. The second kappa shape index (κ2) is 3.56. The van der Waals surface area contributed by atoms with Crippen LogP contribution in [0.25, 0.3) is 0 Å². The van der Waals surface area contributed by atoms with Gasteiger partial charge in [-0.25, -0.2) is 4.90 Å². The predicted molar refractivity (Wildman–Crippen MR) is 55.5 cm³/mol. The first-order valence-corrected chi connectivity index (χ1v) is 4.56. The number of imide groups is 1. The average molecular weight is 199 g/mol. The number of hydrogen-bond donors (Lipinski definition) is 0. The van der Waals surface area contributed by atoms with Crippen LogP contribution in [0.5, 0.6) is 0 Å². The van der Waals surface area contributed by atoms with Crippen molar-refractivity contribution in [3.8, 4) is 0 Å². The molecule has 3 nitrogen and oxygen atoms in total. The molecule has 2 amide bonds. The fourth-order valence-corrected chi connectivity index (χ4v) is 1.38. The SMILES string of the molecule is CC1=C=CC=C(N2C(=O)C=CC2=O)C=C1. The topological polar surface area (TPSA) is 37.4 Å². The standard InChI is InChI=1S/C12H9NO2/c1-9-3-2-4-10(6-5-9)13-11(14)7-8-12(13)15/h2,4-8H,1H3. The van der Waals surface area contributed by atoms with Gasteiger partial charge in [0.15, 0.2) is 0 Å². The first kappa shape index (κ1) is 9.44. The molecule has 74 valence electrons. The van der Waals surface area contributed by atoms with Gasteiger partial charge in [-0.1, -0.05) is 0 Å². The molecule has 0 atom stereocenters. The molecule has 0 aromatic rings. The van der Waals surface area contributed by atoms with Crippen LogP contribution < -0.4 is 0 Å². The number of hydrogen-bond acceptors (Lipinski definition) is 2. The Balaban J connectivity index is 2.32. The van der Waals surface area contributed by atoms with Crippen molar-refractivity contribution in [1.82, 2.24) is 4.90 Å². The molecule has 15 heavy (non-hydrogen) atoms. The van der Waals surface area contributed by atoms with E-state index in [1.54, 1.807) is 18.2 Å². The lowest BCUT2D eigenvalue weighted by Gasteiger charge is -2.13. The van der Waals surface area contributed by atoms with Crippen molar-refractivity contribution in [1.29, 1.82) is 0 Å². The summed E-state index contributed by atoms with van der Waals surface area (Å²) >= 11 is 0. The molecule has 3 heteroatoms. The summed E-state index contributed by atoms with van der Waals surface area (Å²) in [5, 5.41) is 0. The van der Waals surface area contributed by atoms with E-state index in [2.05, 4.69) is 5.73 Å². The molecule has 0 aromatic carbocycles. The van der Waals surface area contributed by atoms with Gasteiger partial charge in [0.2, 0.25) is 0 Å². The minimum absolute atomic E-state index is 0.302. The van der Waals surface area contributed by atoms with Gasteiger partial charge in [-0.2, -0.15) is 0 Å². The summed E-state index contributed by atoms with van der Waals surface area (Å²) in [5.74, 6) is -0.604. The summed E-state index contributed by atoms with van der Waals surface area (Å²) in [6.45, 7) is 1.90. The Kier molecular flexibility index (Phi) is 2.24. The maximum atomic E-state index is 11.4. The minimum Gasteiger partial charge on any atom is -0.269 e. The monoisotopic (exact) mass is 199 g/mol. The molecule has 0 bridgehead atoms. The predicted octanol–water partition coefficient (Wildman–Crippen LogP) is 1.47. The Labute approximate surface area is 87.4 Å². The summed E-state index contributed by atoms with van der Waals surface area (Å²) in [7, 11) is 0. The summed E-state index contributed by atoms with van der Waals surface area (Å²) < 4.78 is 0. The molecule has 2 rings (SSSR count). The van der Waals surface area contributed by atoms with Crippen LogP contribution in [-0.4, -0.2) is 16.7 Å². The molecule has 0 unspecified atom stereocenters. The van der Waals surface area contributed by atoms with Gasteiger partial charge in [0, 0.05) is 12.2 Å². The number of nitrogens with zero attached hydrogens (tertiary/aromatic N) is 1. The molecule has 0 saturated heterocycles. The lowest BCUT2D eigenvalue weighted by atomic mass is 10.3. The lowest BCUT2D eigenvalue weighted by molar-refractivity contribution is -0.134. The van der Waals surface area contributed by atoms with Crippen LogP contribution in [-0.2, 0) is 9.59 Å². The number of amides is 2. The third-order valence-corrected chi connectivity index (χ3v) is 2.14. The van der Waals surface area contributed by atoms with E-state index in [1.807, 2.05) is 13.0 Å². The summed E-state index contributed by atoms with van der Waals surface area (Å²) in [5.41, 5.74) is 4.51. The molecule has 2 aliphatic rings. The smallest absolute Gasteiger partial charge is 0.258 e. The Bertz CT molecular complexity index is 468. The van der Waals surface area contributed by atoms with Crippen LogP contribution >= 0.6 is 0 Å². The Hall–Kier alpha value is -2.12. The van der Waals surface area contributed by atoms with Crippen molar-refractivity contribution < 1.29 is 9.59 Å². The zero-order chi connectivity index (χ0) is 10.8. The first-order valence-electron chi connectivity index (χ1n) is 4.56. The number of rotatable bonds is 1. The molecular formula is C12H9NO2. The van der Waals surface area contributed by atoms with Crippen LogP contribution in [0.2, 0.25) is 0 Å². The van der Waals surface area contributed by atoms with Gasteiger partial charge in [0.05, 0.1) is 5.70 Å². The van der Waals surface area contributed by atoms with Gasteiger partial charge in [0.25, 0.3) is 11.8 Å². The van der Waals surface area contributed by atoms with Gasteiger partial charge in [-0.3, -0.25) is 9.59 Å². The van der Waals surface area contributed by atoms with Gasteiger partial charge in [-0.05, 0) is 36.8 Å². The highest BCUT2D eigenvalue weighted by molar-refractivity contribution is 6.14. The molecule has 1 aliphatic heterocycles. The molecule has 1 aliphatic carbocycles. The van der Waals surface area contributed by atoms with Crippen molar-refractivity contribution in [3.63, 3.8) is 0 Å². The van der Waals surface area contributed by atoms with Crippen LogP contribution in [0.1, 0.15) is 6.92 Å². The highest BCUT2D eigenvalue weighted by atomic mass is 16.2. The Morgan fingerprint density at radius 3 is 2.40 bits per heavy atom. The van der Waals surface area contributed by atoms with Crippen molar-refractivity contribution in [3.05, 3.63) is 53.5 Å². The van der Waals surface area contributed by atoms with E-state index in [9.17, 15) is 9.59 Å². The van der Waals surface area contributed by atoms with E-state index in [-0.39, 0.29) is 11.8 Å². The van der Waals surface area contributed by atoms with E-state index in [4.69, 9.17) is 0 Å². The summed E-state index contributed by atoms with van der Waals surface area (Å²) in [6.07, 6.45) is 9.47. The van der Waals surface area contributed by atoms with Gasteiger partial charge >= 0.3 is 0 Å². The van der Waals surface area contributed by atoms with E-state index >= 15 is 0 Å². The first-order chi connectivity index (χ1) is 7.18. The highest BCUT2D eigenvalue weighted by Gasteiger charge is 2.25. The summed E-state index contributed by atoms with van der Waals surface area (Å²) in [6, 6.07) is 0. The second-order valence-corrected chi connectivity index (χ2v) is 3.26. The Morgan fingerprint density at radius 1 is 1.07 bits per heavy atom. The third-order valence-electron chi connectivity index (χ3n) is 2.14. The fraction of sp³-hybridized carbons (Fsp3) is 0.0833. The van der Waals surface area contributed by atoms with Gasteiger partial charge < -0.3 is 0 Å². The maximum Gasteiger partial charge on any atom is 0.258 e. The van der Waals surface area contributed by atoms with E-state index in [1.165, 1.54) is 12.2 Å². The highest BCUT2D eigenvalue weighted by Crippen LogP contribution is 2.16. The van der Waals surface area contributed by atoms with Crippen molar-refractivity contribution in [2.45, 2.75) is 6.92 Å². The minimum atomic E-state index is -0.302. The molecule has 0 N–H and O–H groups in total. The average Bonchev–Trinajstić information content (AvgIpc) is 2.41. The zero-order valence-corrected chi connectivity index (χ0v) is 8.23. The number of carbonyl (C=O) groups is 2. The number of carbonyl (C=O) groups excluding carboxylic acids is 2. The van der Waals surface area contributed by atoms with Crippen molar-refractivity contribution >= 4 is 11.8 Å². The largest absolute Gasteiger partial charge is 0.269 e. The van der Waals surface area contributed by atoms with Gasteiger partial charge in [-0.15, -0.1) is 5.73 Å². The lowest BCUT2D eigenvalue weighted by Crippen LogP contribution is -2.28. The Morgan fingerprint density at radius 2 is 1.73 bits per heavy atom. The molecule has 1 heterocycles. The zero-order valence-electron chi connectivity index (χ0n) is 8.23.